The highest BCUT2D eigenvalue weighted by atomic mass is 35.5. The summed E-state index contributed by atoms with van der Waals surface area (Å²) in [5.74, 6) is -2.09. The number of methoxy groups -OCH3 is 1. The van der Waals surface area contributed by atoms with Crippen LogP contribution >= 0.6 is 11.6 Å². The number of hydrogen-bond donors (Lipinski definition) is 2. The minimum absolute atomic E-state index is 0.0538. The second kappa shape index (κ2) is 6.89. The third-order valence-electron chi connectivity index (χ3n) is 3.71. The topological polar surface area (TPSA) is 95.9 Å². The summed E-state index contributed by atoms with van der Waals surface area (Å²) in [6.45, 7) is 0. The van der Waals surface area contributed by atoms with Crippen LogP contribution in [0.25, 0.3) is 0 Å². The summed E-state index contributed by atoms with van der Waals surface area (Å²) in [7, 11) is 1.20. The maximum absolute atomic E-state index is 12.8. The summed E-state index contributed by atoms with van der Waals surface area (Å²) in [5.41, 5.74) is 0.476. The van der Waals surface area contributed by atoms with Gasteiger partial charge in [-0.1, -0.05) is 23.7 Å². The number of para-hydroxylation sites is 1. The average Bonchev–Trinajstić information content (AvgIpc) is 2.86. The number of anilines is 2. The van der Waals surface area contributed by atoms with E-state index in [0.29, 0.717) is 5.69 Å². The fourth-order valence-corrected chi connectivity index (χ4v) is 2.68. The van der Waals surface area contributed by atoms with Crippen molar-refractivity contribution in [1.82, 2.24) is 0 Å². The molecule has 0 fully saturated rings. The summed E-state index contributed by atoms with van der Waals surface area (Å²) in [6, 6.07) is 12.0. The van der Waals surface area contributed by atoms with Crippen molar-refractivity contribution >= 4 is 40.8 Å². The Labute approximate surface area is 153 Å². The van der Waals surface area contributed by atoms with E-state index in [4.69, 9.17) is 16.3 Å². The van der Waals surface area contributed by atoms with Gasteiger partial charge in [0, 0.05) is 5.69 Å². The van der Waals surface area contributed by atoms with Gasteiger partial charge in [-0.15, -0.1) is 0 Å². The minimum Gasteiger partial charge on any atom is -0.508 e. The van der Waals surface area contributed by atoms with Crippen molar-refractivity contribution in [1.29, 1.82) is 0 Å². The first kappa shape index (κ1) is 17.5. The first-order valence-corrected chi connectivity index (χ1v) is 7.83. The number of phenolic OH excluding ortho intramolecular Hbond substituents is 1. The highest BCUT2D eigenvalue weighted by Gasteiger charge is 2.40. The third kappa shape index (κ3) is 3.00. The van der Waals surface area contributed by atoms with Gasteiger partial charge >= 0.3 is 5.97 Å². The second-order valence-corrected chi connectivity index (χ2v) is 5.69. The summed E-state index contributed by atoms with van der Waals surface area (Å²) >= 11 is 6.05. The molecule has 132 valence electrons. The molecule has 0 saturated heterocycles. The van der Waals surface area contributed by atoms with Crippen molar-refractivity contribution in [3.63, 3.8) is 0 Å². The third-order valence-corrected chi connectivity index (χ3v) is 4.06. The largest absolute Gasteiger partial charge is 0.508 e. The number of ether oxygens (including phenoxy) is 1. The van der Waals surface area contributed by atoms with Gasteiger partial charge in [0.2, 0.25) is 0 Å². The van der Waals surface area contributed by atoms with Crippen molar-refractivity contribution in [3.8, 4) is 5.75 Å². The van der Waals surface area contributed by atoms with Crippen molar-refractivity contribution in [2.24, 2.45) is 0 Å². The van der Waals surface area contributed by atoms with E-state index in [1.54, 1.807) is 12.1 Å². The number of rotatable bonds is 4. The van der Waals surface area contributed by atoms with E-state index in [1.165, 1.54) is 43.5 Å². The Bertz CT molecular complexity index is 937. The monoisotopic (exact) mass is 372 g/mol. The smallest absolute Gasteiger partial charge is 0.339 e. The first-order valence-electron chi connectivity index (χ1n) is 7.46. The lowest BCUT2D eigenvalue weighted by atomic mass is 10.1. The van der Waals surface area contributed by atoms with Gasteiger partial charge in [0.05, 0.1) is 18.4 Å². The summed E-state index contributed by atoms with van der Waals surface area (Å²) in [5, 5.41) is 11.8. The number of nitrogens with zero attached hydrogens (tertiary/aromatic N) is 1. The van der Waals surface area contributed by atoms with Crippen molar-refractivity contribution in [2.75, 3.05) is 17.3 Å². The standard InChI is InChI=1S/C18H13ClN2O5/c1-26-18(25)12-4-2-3-5-13(12)21-16(23)14(19)15(17(21)24)20-10-6-8-11(22)9-7-10/h2-9,20,22H,1H3. The molecule has 0 unspecified atom stereocenters. The number of esters is 1. The molecule has 0 spiro atoms. The van der Waals surface area contributed by atoms with Gasteiger partial charge in [0.1, 0.15) is 16.5 Å². The molecule has 1 aliphatic heterocycles. The molecular formula is C18H13ClN2O5. The van der Waals surface area contributed by atoms with Crippen molar-refractivity contribution in [2.45, 2.75) is 0 Å². The summed E-state index contributed by atoms with van der Waals surface area (Å²) in [6.07, 6.45) is 0. The summed E-state index contributed by atoms with van der Waals surface area (Å²) in [4.78, 5) is 38.0. The highest BCUT2D eigenvalue weighted by Crippen LogP contribution is 2.32. The number of imide groups is 1. The predicted octanol–water partition coefficient (Wildman–Crippen LogP) is 2.61. The van der Waals surface area contributed by atoms with E-state index in [9.17, 15) is 19.5 Å². The van der Waals surface area contributed by atoms with Crippen LogP contribution in [0.2, 0.25) is 0 Å². The fourth-order valence-electron chi connectivity index (χ4n) is 2.47. The molecule has 0 radical (unpaired) electrons. The van der Waals surface area contributed by atoms with E-state index >= 15 is 0 Å². The Morgan fingerprint density at radius 3 is 2.38 bits per heavy atom. The van der Waals surface area contributed by atoms with E-state index in [2.05, 4.69) is 5.32 Å². The Balaban J connectivity index is 1.96. The molecule has 2 amide bonds. The lowest BCUT2D eigenvalue weighted by Gasteiger charge is -2.17. The quantitative estimate of drug-likeness (QED) is 0.486. The Kier molecular flexibility index (Phi) is 4.64. The molecule has 3 rings (SSSR count). The molecule has 7 nitrogen and oxygen atoms in total. The molecule has 2 N–H and O–H groups in total. The van der Waals surface area contributed by atoms with Crippen LogP contribution in [0.15, 0.2) is 59.3 Å². The first-order chi connectivity index (χ1) is 12.4. The Morgan fingerprint density at radius 2 is 1.73 bits per heavy atom. The molecule has 2 aromatic rings. The lowest BCUT2D eigenvalue weighted by Crippen LogP contribution is -2.33. The maximum Gasteiger partial charge on any atom is 0.339 e. The number of aromatic hydroxyl groups is 1. The number of hydrogen-bond acceptors (Lipinski definition) is 6. The van der Waals surface area contributed by atoms with Gasteiger partial charge in [-0.05, 0) is 36.4 Å². The molecule has 1 aliphatic rings. The van der Waals surface area contributed by atoms with Crippen LogP contribution in [0.4, 0.5) is 11.4 Å². The molecule has 8 heteroatoms. The van der Waals surface area contributed by atoms with Crippen molar-refractivity contribution < 1.29 is 24.2 Å². The number of halogens is 1. The molecule has 1 heterocycles. The van der Waals surface area contributed by atoms with Crippen LogP contribution in [0.1, 0.15) is 10.4 Å². The molecule has 0 saturated carbocycles. The Hall–Kier alpha value is -3.32. The number of nitrogens with one attached hydrogen (secondary N) is 1. The number of amides is 2. The van der Waals surface area contributed by atoms with Crippen LogP contribution < -0.4 is 10.2 Å². The number of benzene rings is 2. The average molecular weight is 373 g/mol. The molecule has 0 aliphatic carbocycles. The zero-order valence-corrected chi connectivity index (χ0v) is 14.3. The SMILES string of the molecule is COC(=O)c1ccccc1N1C(=O)C(Cl)=C(Nc2ccc(O)cc2)C1=O. The summed E-state index contributed by atoms with van der Waals surface area (Å²) < 4.78 is 4.69. The van der Waals surface area contributed by atoms with E-state index < -0.39 is 17.8 Å². The lowest BCUT2D eigenvalue weighted by molar-refractivity contribution is -0.120. The van der Waals surface area contributed by atoms with Gasteiger partial charge in [-0.3, -0.25) is 9.59 Å². The van der Waals surface area contributed by atoms with Gasteiger partial charge < -0.3 is 15.2 Å². The van der Waals surface area contributed by atoms with Crippen LogP contribution in [-0.4, -0.2) is 30.0 Å². The molecule has 26 heavy (non-hydrogen) atoms. The van der Waals surface area contributed by atoms with Gasteiger partial charge in [-0.25, -0.2) is 9.69 Å². The van der Waals surface area contributed by atoms with Gasteiger partial charge in [0.25, 0.3) is 11.8 Å². The van der Waals surface area contributed by atoms with Crippen LogP contribution in [0, 0.1) is 0 Å². The number of phenols is 1. The van der Waals surface area contributed by atoms with Gasteiger partial charge in [-0.2, -0.15) is 0 Å². The van der Waals surface area contributed by atoms with E-state index in [-0.39, 0.29) is 27.7 Å². The van der Waals surface area contributed by atoms with Crippen LogP contribution in [0.3, 0.4) is 0 Å². The van der Waals surface area contributed by atoms with Crippen LogP contribution in [0.5, 0.6) is 5.75 Å². The Morgan fingerprint density at radius 1 is 1.08 bits per heavy atom. The van der Waals surface area contributed by atoms with E-state index in [0.717, 1.165) is 4.90 Å². The van der Waals surface area contributed by atoms with Crippen molar-refractivity contribution in [3.05, 3.63) is 64.8 Å². The molecule has 0 bridgehead atoms. The molecule has 2 aromatic carbocycles. The molecular weight excluding hydrogens is 360 g/mol. The second-order valence-electron chi connectivity index (χ2n) is 5.32. The molecule has 0 aromatic heterocycles. The van der Waals surface area contributed by atoms with Gasteiger partial charge in [0.15, 0.2) is 0 Å². The fraction of sp³-hybridized carbons (Fsp3) is 0.0556. The highest BCUT2D eigenvalue weighted by molar-refractivity contribution is 6.53. The molecule has 0 atom stereocenters. The normalized spacial score (nSPS) is 14.0. The van der Waals surface area contributed by atoms with Crippen LogP contribution in [-0.2, 0) is 14.3 Å². The minimum atomic E-state index is -0.755. The zero-order valence-electron chi connectivity index (χ0n) is 13.5. The van der Waals surface area contributed by atoms with E-state index in [1.807, 2.05) is 0 Å². The number of carbonyl (C=O) groups is 3. The maximum atomic E-state index is 12.8. The predicted molar refractivity (Wildman–Crippen MR) is 94.9 cm³/mol. The zero-order chi connectivity index (χ0) is 18.8. The number of carbonyl (C=O) groups excluding carboxylic acids is 3.